The molecule has 5 heteroatoms. The van der Waals surface area contributed by atoms with Crippen LogP contribution in [0.15, 0.2) is 35.0 Å². The first-order chi connectivity index (χ1) is 15.2. The minimum absolute atomic E-state index is 0.168. The molecule has 4 heterocycles. The summed E-state index contributed by atoms with van der Waals surface area (Å²) in [5, 5.41) is 4.43. The number of carbonyl (C=O) groups is 1. The van der Waals surface area contributed by atoms with Crippen molar-refractivity contribution in [2.24, 2.45) is 11.8 Å². The summed E-state index contributed by atoms with van der Waals surface area (Å²) in [6.07, 6.45) is 10.5. The van der Waals surface area contributed by atoms with Crippen LogP contribution < -0.4 is 0 Å². The molecular formula is C26H36N2OS2. The Labute approximate surface area is 195 Å². The lowest BCUT2D eigenvalue weighted by Gasteiger charge is -2.55. The summed E-state index contributed by atoms with van der Waals surface area (Å²) >= 11 is 3.78. The highest BCUT2D eigenvalue weighted by Crippen LogP contribution is 2.54. The average molecular weight is 457 g/mol. The highest BCUT2D eigenvalue weighted by molar-refractivity contribution is 7.10. The van der Waals surface area contributed by atoms with Crippen molar-refractivity contribution in [3.05, 3.63) is 44.8 Å². The summed E-state index contributed by atoms with van der Waals surface area (Å²) in [6, 6.07) is 9.60. The Morgan fingerprint density at radius 1 is 1.06 bits per heavy atom. The Balaban J connectivity index is 1.47. The Bertz CT molecular complexity index is 813. The van der Waals surface area contributed by atoms with Gasteiger partial charge in [-0.1, -0.05) is 25.5 Å². The molecule has 2 aliphatic heterocycles. The number of carbonyl (C=O) groups excluding carboxylic acids is 1. The molecule has 1 aliphatic carbocycles. The minimum atomic E-state index is 0.168. The van der Waals surface area contributed by atoms with E-state index in [2.05, 4.69) is 51.7 Å². The van der Waals surface area contributed by atoms with Gasteiger partial charge < -0.3 is 4.90 Å². The zero-order valence-electron chi connectivity index (χ0n) is 18.8. The van der Waals surface area contributed by atoms with E-state index in [1.165, 1.54) is 54.7 Å². The molecule has 1 saturated carbocycles. The molecule has 0 unspecified atom stereocenters. The van der Waals surface area contributed by atoms with Crippen LogP contribution >= 0.6 is 22.7 Å². The lowest BCUT2D eigenvalue weighted by atomic mass is 9.61. The van der Waals surface area contributed by atoms with E-state index in [4.69, 9.17) is 0 Å². The maximum Gasteiger partial charge on any atom is 0.223 e. The van der Waals surface area contributed by atoms with E-state index in [1.54, 1.807) is 0 Å². The second-order valence-corrected chi connectivity index (χ2v) is 11.9. The van der Waals surface area contributed by atoms with Gasteiger partial charge in [-0.05, 0) is 79.7 Å². The van der Waals surface area contributed by atoms with Gasteiger partial charge in [0.05, 0.1) is 0 Å². The summed E-state index contributed by atoms with van der Waals surface area (Å²) in [6.45, 7) is 5.48. The van der Waals surface area contributed by atoms with Crippen molar-refractivity contribution >= 4 is 28.6 Å². The smallest absolute Gasteiger partial charge is 0.223 e. The fourth-order valence-electron chi connectivity index (χ4n) is 7.15. The molecule has 0 radical (unpaired) electrons. The molecule has 1 spiro atoms. The molecular weight excluding hydrogens is 420 g/mol. The topological polar surface area (TPSA) is 23.6 Å². The molecule has 3 nitrogen and oxygen atoms in total. The maximum atomic E-state index is 13.0. The van der Waals surface area contributed by atoms with E-state index in [9.17, 15) is 4.79 Å². The van der Waals surface area contributed by atoms with Gasteiger partial charge in [0.2, 0.25) is 5.91 Å². The molecule has 0 N–H and O–H groups in total. The zero-order chi connectivity index (χ0) is 21.3. The van der Waals surface area contributed by atoms with Crippen LogP contribution in [0.3, 0.4) is 0 Å². The van der Waals surface area contributed by atoms with Crippen LogP contribution in [0.2, 0.25) is 0 Å². The van der Waals surface area contributed by atoms with Crippen LogP contribution in [0.4, 0.5) is 0 Å². The van der Waals surface area contributed by atoms with E-state index in [0.717, 1.165) is 32.5 Å². The number of hydrogen-bond acceptors (Lipinski definition) is 4. The Morgan fingerprint density at radius 3 is 2.45 bits per heavy atom. The number of hydrogen-bond donors (Lipinski definition) is 0. The van der Waals surface area contributed by atoms with Gasteiger partial charge in [-0.2, -0.15) is 0 Å². The molecule has 2 saturated heterocycles. The fourth-order valence-corrected chi connectivity index (χ4v) is 8.61. The van der Waals surface area contributed by atoms with Crippen molar-refractivity contribution in [1.29, 1.82) is 0 Å². The van der Waals surface area contributed by atoms with Crippen molar-refractivity contribution in [2.45, 2.75) is 89.4 Å². The number of amides is 1. The standard InChI is InChI=1S/C26H36N2OS2/c1-2-7-22-23-10-3-11-25(29)28-15-6-13-26(23,28)14-12-24(22)27(18-20-8-4-16-30-20)19-21-9-5-17-31-21/h4-5,8-9,16-17,22-24H,2-3,6-7,10-15,18-19H2,1H3/t22-,23+,24-,26-/m1/s1. The lowest BCUT2D eigenvalue weighted by Crippen LogP contribution is -2.60. The first kappa shape index (κ1) is 21.7. The van der Waals surface area contributed by atoms with Crippen LogP contribution in [0.5, 0.6) is 0 Å². The van der Waals surface area contributed by atoms with Gasteiger partial charge in [0.1, 0.15) is 0 Å². The molecule has 3 fully saturated rings. The molecule has 5 rings (SSSR count). The summed E-state index contributed by atoms with van der Waals surface area (Å²) in [5.74, 6) is 1.82. The summed E-state index contributed by atoms with van der Waals surface area (Å²) in [7, 11) is 0. The third-order valence-electron chi connectivity index (χ3n) is 8.28. The molecule has 0 aromatic carbocycles. The van der Waals surface area contributed by atoms with Crippen molar-refractivity contribution in [1.82, 2.24) is 9.80 Å². The van der Waals surface area contributed by atoms with Crippen molar-refractivity contribution < 1.29 is 4.79 Å². The maximum absolute atomic E-state index is 13.0. The Kier molecular flexibility index (Phi) is 6.54. The predicted molar refractivity (Wildman–Crippen MR) is 130 cm³/mol. The van der Waals surface area contributed by atoms with E-state index in [1.807, 2.05) is 22.7 Å². The van der Waals surface area contributed by atoms with Gasteiger partial charge in [0.15, 0.2) is 0 Å². The summed E-state index contributed by atoms with van der Waals surface area (Å²) in [5.41, 5.74) is 0.168. The van der Waals surface area contributed by atoms with E-state index in [-0.39, 0.29) is 5.54 Å². The van der Waals surface area contributed by atoms with Gasteiger partial charge in [0, 0.05) is 47.4 Å². The highest BCUT2D eigenvalue weighted by Gasteiger charge is 2.56. The average Bonchev–Trinajstić information content (AvgIpc) is 3.52. The van der Waals surface area contributed by atoms with Gasteiger partial charge in [-0.15, -0.1) is 22.7 Å². The number of rotatable bonds is 7. The fraction of sp³-hybridized carbons (Fsp3) is 0.654. The molecule has 31 heavy (non-hydrogen) atoms. The first-order valence-electron chi connectivity index (χ1n) is 12.3. The largest absolute Gasteiger partial charge is 0.337 e. The second-order valence-electron chi connectivity index (χ2n) is 9.87. The van der Waals surface area contributed by atoms with Crippen LogP contribution in [-0.4, -0.2) is 33.8 Å². The van der Waals surface area contributed by atoms with E-state index < -0.39 is 0 Å². The lowest BCUT2D eigenvalue weighted by molar-refractivity contribution is -0.140. The molecule has 0 bridgehead atoms. The van der Waals surface area contributed by atoms with E-state index >= 15 is 0 Å². The van der Waals surface area contributed by atoms with Gasteiger partial charge >= 0.3 is 0 Å². The van der Waals surface area contributed by atoms with Crippen molar-refractivity contribution in [3.8, 4) is 0 Å². The highest BCUT2D eigenvalue weighted by atomic mass is 32.1. The van der Waals surface area contributed by atoms with Gasteiger partial charge in [-0.25, -0.2) is 0 Å². The van der Waals surface area contributed by atoms with Crippen LogP contribution in [-0.2, 0) is 17.9 Å². The van der Waals surface area contributed by atoms with Crippen LogP contribution in [0, 0.1) is 11.8 Å². The molecule has 2 aromatic heterocycles. The zero-order valence-corrected chi connectivity index (χ0v) is 20.4. The van der Waals surface area contributed by atoms with Crippen LogP contribution in [0.25, 0.3) is 0 Å². The van der Waals surface area contributed by atoms with Gasteiger partial charge in [-0.3, -0.25) is 9.69 Å². The molecule has 3 aliphatic rings. The predicted octanol–water partition coefficient (Wildman–Crippen LogP) is 6.55. The summed E-state index contributed by atoms with van der Waals surface area (Å²) in [4.78, 5) is 21.1. The SMILES string of the molecule is CCC[C@H]1[C@H](N(Cc2cccs2)Cc2cccs2)CC[C@@]23CCCN2C(=O)CCC[C@@H]13. The molecule has 2 aromatic rings. The van der Waals surface area contributed by atoms with Crippen LogP contribution in [0.1, 0.15) is 74.5 Å². The Morgan fingerprint density at radius 2 is 1.81 bits per heavy atom. The van der Waals surface area contributed by atoms with E-state index in [0.29, 0.717) is 23.8 Å². The van der Waals surface area contributed by atoms with Gasteiger partial charge in [0.25, 0.3) is 0 Å². The Hall–Kier alpha value is -1.17. The third-order valence-corrected chi connectivity index (χ3v) is 10.0. The normalized spacial score (nSPS) is 31.0. The molecule has 168 valence electrons. The molecule has 4 atom stereocenters. The second kappa shape index (κ2) is 9.36. The minimum Gasteiger partial charge on any atom is -0.337 e. The monoisotopic (exact) mass is 456 g/mol. The summed E-state index contributed by atoms with van der Waals surface area (Å²) < 4.78 is 0. The molecule has 1 amide bonds. The van der Waals surface area contributed by atoms with Crippen molar-refractivity contribution in [2.75, 3.05) is 6.54 Å². The first-order valence-corrected chi connectivity index (χ1v) is 14.1. The number of nitrogens with zero attached hydrogens (tertiary/aromatic N) is 2. The third kappa shape index (κ3) is 4.14. The number of thiophene rings is 2. The quantitative estimate of drug-likeness (QED) is 0.471. The van der Waals surface area contributed by atoms with Crippen molar-refractivity contribution in [3.63, 3.8) is 0 Å².